The molecule has 0 unspecified atom stereocenters. The third-order valence-electron chi connectivity index (χ3n) is 3.09. The first kappa shape index (κ1) is 17.7. The van der Waals surface area contributed by atoms with E-state index >= 15 is 0 Å². The van der Waals surface area contributed by atoms with Gasteiger partial charge in [0.1, 0.15) is 11.6 Å². The second kappa shape index (κ2) is 7.30. The Morgan fingerprint density at radius 3 is 2.48 bits per heavy atom. The van der Waals surface area contributed by atoms with Crippen LogP contribution in [0.2, 0.25) is 0 Å². The summed E-state index contributed by atoms with van der Waals surface area (Å²) < 4.78 is 1.91. The number of aromatic nitrogens is 5. The molecule has 23 heavy (non-hydrogen) atoms. The van der Waals surface area contributed by atoms with Crippen LogP contribution in [0, 0.1) is 0 Å². The molecule has 3 aromatic heterocycles. The first-order valence-electron chi connectivity index (χ1n) is 6.88. The van der Waals surface area contributed by atoms with Gasteiger partial charge in [-0.2, -0.15) is 5.10 Å². The number of anilines is 2. The molecular formula is C14H18IN7S. The minimum Gasteiger partial charge on any atom is -0.383 e. The second-order valence-corrected chi connectivity index (χ2v) is 6.17. The lowest BCUT2D eigenvalue weighted by Crippen LogP contribution is -2.03. The maximum atomic E-state index is 5.67. The molecule has 0 bridgehead atoms. The Kier molecular flexibility index (Phi) is 5.63. The van der Waals surface area contributed by atoms with Gasteiger partial charge in [0.15, 0.2) is 10.8 Å². The maximum Gasteiger partial charge on any atom is 0.191 e. The van der Waals surface area contributed by atoms with E-state index in [1.54, 1.807) is 0 Å². The first-order chi connectivity index (χ1) is 10.5. The molecule has 3 heterocycles. The minimum absolute atomic E-state index is 0. The Morgan fingerprint density at radius 2 is 1.83 bits per heavy atom. The number of nitrogens with zero attached hydrogens (tertiary/aromatic N) is 5. The second-order valence-electron chi connectivity index (χ2n) is 5.23. The van der Waals surface area contributed by atoms with E-state index in [4.69, 9.17) is 11.5 Å². The number of hydrogen-bond donors (Lipinski definition) is 2. The average molecular weight is 443 g/mol. The summed E-state index contributed by atoms with van der Waals surface area (Å²) in [5.74, 6) is 1.45. The average Bonchev–Trinajstić information content (AvgIpc) is 2.87. The molecule has 0 radical (unpaired) electrons. The molecule has 0 saturated carbocycles. The molecule has 0 spiro atoms. The molecule has 0 saturated heterocycles. The van der Waals surface area contributed by atoms with Gasteiger partial charge < -0.3 is 11.5 Å². The summed E-state index contributed by atoms with van der Waals surface area (Å²) in [6, 6.07) is 3.91. The quantitative estimate of drug-likeness (QED) is 0.363. The van der Waals surface area contributed by atoms with Crippen molar-refractivity contribution in [2.24, 2.45) is 0 Å². The van der Waals surface area contributed by atoms with E-state index in [2.05, 4.69) is 40.0 Å². The third-order valence-corrected chi connectivity index (χ3v) is 4.01. The van der Waals surface area contributed by atoms with Crippen LogP contribution in [0.25, 0.3) is 11.0 Å². The van der Waals surface area contributed by atoms with Crippen LogP contribution in [0.3, 0.4) is 0 Å². The molecule has 0 atom stereocenters. The highest BCUT2D eigenvalue weighted by Crippen LogP contribution is 2.23. The molecule has 0 amide bonds. The molecule has 0 aliphatic rings. The van der Waals surface area contributed by atoms with Crippen molar-refractivity contribution in [2.75, 3.05) is 11.5 Å². The zero-order valence-corrected chi connectivity index (χ0v) is 15.9. The molecule has 0 aliphatic heterocycles. The molecular weight excluding hydrogens is 425 g/mol. The molecule has 0 aromatic carbocycles. The summed E-state index contributed by atoms with van der Waals surface area (Å²) in [6.07, 6.45) is 3.69. The lowest BCUT2D eigenvalue weighted by molar-refractivity contribution is 0.546. The molecule has 0 aliphatic carbocycles. The predicted octanol–water partition coefficient (Wildman–Crippen LogP) is 2.88. The highest BCUT2D eigenvalue weighted by molar-refractivity contribution is 14.0. The topological polar surface area (TPSA) is 109 Å². The van der Waals surface area contributed by atoms with E-state index in [0.29, 0.717) is 22.5 Å². The number of pyridine rings is 1. The zero-order valence-electron chi connectivity index (χ0n) is 12.8. The number of hydrogen-bond acceptors (Lipinski definition) is 7. The molecule has 7 nitrogen and oxygen atoms in total. The highest BCUT2D eigenvalue weighted by Gasteiger charge is 2.09. The lowest BCUT2D eigenvalue weighted by atomic mass is 10.2. The summed E-state index contributed by atoms with van der Waals surface area (Å²) >= 11 is 1.47. The van der Waals surface area contributed by atoms with E-state index < -0.39 is 0 Å². The SMILES string of the molecule is CC(C)n1ncc2cc(CSc3nc(N)cc(N)n3)cnc21.I. The number of thioether (sulfide) groups is 1. The van der Waals surface area contributed by atoms with E-state index in [1.807, 2.05) is 17.1 Å². The normalized spacial score (nSPS) is 10.9. The van der Waals surface area contributed by atoms with Gasteiger partial charge in [-0.1, -0.05) is 11.8 Å². The first-order valence-corrected chi connectivity index (χ1v) is 7.86. The Morgan fingerprint density at radius 1 is 1.13 bits per heavy atom. The van der Waals surface area contributed by atoms with Crippen LogP contribution >= 0.6 is 35.7 Å². The summed E-state index contributed by atoms with van der Waals surface area (Å²) in [6.45, 7) is 4.17. The Balaban J connectivity index is 0.00000192. The fourth-order valence-corrected chi connectivity index (χ4v) is 2.91. The van der Waals surface area contributed by atoms with Crippen molar-refractivity contribution >= 4 is 58.4 Å². The number of rotatable bonds is 4. The molecule has 4 N–H and O–H groups in total. The maximum absolute atomic E-state index is 5.67. The van der Waals surface area contributed by atoms with E-state index in [0.717, 1.165) is 16.6 Å². The van der Waals surface area contributed by atoms with Crippen LogP contribution < -0.4 is 11.5 Å². The summed E-state index contributed by atoms with van der Waals surface area (Å²) in [4.78, 5) is 12.8. The van der Waals surface area contributed by atoms with Crippen molar-refractivity contribution < 1.29 is 0 Å². The van der Waals surface area contributed by atoms with Crippen LogP contribution in [0.5, 0.6) is 0 Å². The van der Waals surface area contributed by atoms with Crippen molar-refractivity contribution in [2.45, 2.75) is 30.8 Å². The predicted molar refractivity (Wildman–Crippen MR) is 104 cm³/mol. The Hall–Kier alpha value is -1.62. The van der Waals surface area contributed by atoms with Gasteiger partial charge in [0.25, 0.3) is 0 Å². The number of nitrogen functional groups attached to an aromatic ring is 2. The summed E-state index contributed by atoms with van der Waals surface area (Å²) in [5, 5.41) is 5.96. The molecule has 9 heteroatoms. The van der Waals surface area contributed by atoms with Crippen LogP contribution in [0.1, 0.15) is 25.5 Å². The van der Waals surface area contributed by atoms with Crippen molar-refractivity contribution in [1.82, 2.24) is 24.7 Å². The largest absolute Gasteiger partial charge is 0.383 e. The van der Waals surface area contributed by atoms with Crippen LogP contribution in [-0.2, 0) is 5.75 Å². The van der Waals surface area contributed by atoms with E-state index in [1.165, 1.54) is 17.8 Å². The zero-order chi connectivity index (χ0) is 15.7. The van der Waals surface area contributed by atoms with Gasteiger partial charge >= 0.3 is 0 Å². The lowest BCUT2D eigenvalue weighted by Gasteiger charge is -2.06. The fourth-order valence-electron chi connectivity index (χ4n) is 2.12. The number of halogens is 1. The monoisotopic (exact) mass is 443 g/mol. The van der Waals surface area contributed by atoms with Crippen molar-refractivity contribution in [1.29, 1.82) is 0 Å². The van der Waals surface area contributed by atoms with Crippen molar-refractivity contribution in [3.63, 3.8) is 0 Å². The van der Waals surface area contributed by atoms with Crippen LogP contribution in [0.4, 0.5) is 11.6 Å². The molecule has 122 valence electrons. The third kappa shape index (κ3) is 4.02. The van der Waals surface area contributed by atoms with Crippen LogP contribution in [-0.4, -0.2) is 24.7 Å². The molecule has 3 rings (SSSR count). The van der Waals surface area contributed by atoms with Gasteiger partial charge in [-0.3, -0.25) is 0 Å². The van der Waals surface area contributed by atoms with Gasteiger partial charge in [0, 0.05) is 29.4 Å². The van der Waals surface area contributed by atoms with Gasteiger partial charge in [0.05, 0.1) is 6.20 Å². The fraction of sp³-hybridized carbons (Fsp3) is 0.286. The Labute approximate surface area is 155 Å². The molecule has 3 aromatic rings. The number of fused-ring (bicyclic) bond motifs is 1. The Bertz CT molecular complexity index is 798. The minimum atomic E-state index is 0. The highest BCUT2D eigenvalue weighted by atomic mass is 127. The van der Waals surface area contributed by atoms with Crippen molar-refractivity contribution in [3.8, 4) is 0 Å². The summed E-state index contributed by atoms with van der Waals surface area (Å²) in [7, 11) is 0. The number of nitrogens with two attached hydrogens (primary N) is 2. The van der Waals surface area contributed by atoms with E-state index in [9.17, 15) is 0 Å². The molecule has 0 fully saturated rings. The van der Waals surface area contributed by atoms with Gasteiger partial charge in [0.2, 0.25) is 0 Å². The van der Waals surface area contributed by atoms with Gasteiger partial charge in [-0.05, 0) is 25.5 Å². The smallest absolute Gasteiger partial charge is 0.191 e. The van der Waals surface area contributed by atoms with Crippen molar-refractivity contribution in [3.05, 3.63) is 30.1 Å². The standard InChI is InChI=1S/C14H17N7S.HI/c1-8(2)21-13-10(6-18-21)3-9(5-17-13)7-22-14-19-11(15)4-12(16)20-14;/h3-6,8H,7H2,1-2H3,(H4,15,16,19,20);1H. The van der Waals surface area contributed by atoms with Gasteiger partial charge in [-0.25, -0.2) is 19.6 Å². The van der Waals surface area contributed by atoms with Crippen LogP contribution in [0.15, 0.2) is 29.7 Å². The van der Waals surface area contributed by atoms with E-state index in [-0.39, 0.29) is 30.0 Å². The summed E-state index contributed by atoms with van der Waals surface area (Å²) in [5.41, 5.74) is 13.3. The van der Waals surface area contributed by atoms with Gasteiger partial charge in [-0.15, -0.1) is 24.0 Å².